The summed E-state index contributed by atoms with van der Waals surface area (Å²) in [7, 11) is 0. The summed E-state index contributed by atoms with van der Waals surface area (Å²) in [6, 6.07) is 5.30. The Balaban J connectivity index is 2.85. The van der Waals surface area contributed by atoms with Gasteiger partial charge in [-0.3, -0.25) is 0 Å². The van der Waals surface area contributed by atoms with E-state index in [-0.39, 0.29) is 18.4 Å². The van der Waals surface area contributed by atoms with Crippen molar-refractivity contribution in [3.63, 3.8) is 0 Å². The van der Waals surface area contributed by atoms with Gasteiger partial charge in [-0.15, -0.1) is 0 Å². The minimum Gasteiger partial charge on any atom is -0.396 e. The summed E-state index contributed by atoms with van der Waals surface area (Å²) in [5.41, 5.74) is -0.0111. The molecule has 0 aliphatic heterocycles. The lowest BCUT2D eigenvalue weighted by atomic mass is 9.89. The van der Waals surface area contributed by atoms with Gasteiger partial charge in [0, 0.05) is 6.61 Å². The Labute approximate surface area is 99.3 Å². The van der Waals surface area contributed by atoms with Gasteiger partial charge in [-0.25, -0.2) is 0 Å². The summed E-state index contributed by atoms with van der Waals surface area (Å²) in [6.07, 6.45) is -3.83. The van der Waals surface area contributed by atoms with Gasteiger partial charge in [0.2, 0.25) is 0 Å². The van der Waals surface area contributed by atoms with E-state index in [9.17, 15) is 13.2 Å². The highest BCUT2D eigenvalue weighted by molar-refractivity contribution is 5.26. The van der Waals surface area contributed by atoms with E-state index in [0.29, 0.717) is 12.0 Å². The molecule has 1 unspecified atom stereocenters. The molecule has 0 aromatic heterocycles. The van der Waals surface area contributed by atoms with E-state index in [4.69, 9.17) is 5.11 Å². The Kier molecular flexibility index (Phi) is 4.57. The lowest BCUT2D eigenvalue weighted by Gasteiger charge is -2.18. The Hall–Kier alpha value is -1.03. The van der Waals surface area contributed by atoms with Crippen LogP contribution in [0.1, 0.15) is 25.0 Å². The number of rotatable bonds is 4. The zero-order valence-electron chi connectivity index (χ0n) is 9.96. The van der Waals surface area contributed by atoms with Gasteiger partial charge in [0.15, 0.2) is 0 Å². The molecule has 1 aromatic carbocycles. The van der Waals surface area contributed by atoms with Crippen LogP contribution in [0.4, 0.5) is 13.2 Å². The molecule has 0 aliphatic carbocycles. The van der Waals surface area contributed by atoms with Crippen LogP contribution in [0.25, 0.3) is 0 Å². The Morgan fingerprint density at radius 1 is 1.24 bits per heavy atom. The number of benzene rings is 1. The molecule has 1 rings (SSSR count). The quantitative estimate of drug-likeness (QED) is 0.861. The molecule has 0 bridgehead atoms. The maximum Gasteiger partial charge on any atom is 0.416 e. The highest BCUT2D eigenvalue weighted by Crippen LogP contribution is 2.30. The van der Waals surface area contributed by atoms with Crippen molar-refractivity contribution in [3.8, 4) is 0 Å². The number of hydrogen-bond acceptors (Lipinski definition) is 1. The van der Waals surface area contributed by atoms with Gasteiger partial charge < -0.3 is 5.11 Å². The second kappa shape index (κ2) is 5.54. The molecule has 4 heteroatoms. The number of hydrogen-bond donors (Lipinski definition) is 1. The number of aliphatic hydroxyl groups excluding tert-OH is 1. The standard InChI is InChI=1S/C13H17F3O/c1-9(2)11(8-17)6-10-4-3-5-12(7-10)13(14,15)16/h3-5,7,9,11,17H,6,8H2,1-2H3. The first-order valence-corrected chi connectivity index (χ1v) is 5.61. The summed E-state index contributed by atoms with van der Waals surface area (Å²) in [5, 5.41) is 9.16. The molecule has 0 heterocycles. The van der Waals surface area contributed by atoms with E-state index >= 15 is 0 Å². The van der Waals surface area contributed by atoms with Gasteiger partial charge >= 0.3 is 6.18 Å². The molecule has 96 valence electrons. The fraction of sp³-hybridized carbons (Fsp3) is 0.538. The SMILES string of the molecule is CC(C)C(CO)Cc1cccc(C(F)(F)F)c1. The average molecular weight is 246 g/mol. The van der Waals surface area contributed by atoms with Crippen LogP contribution in [0, 0.1) is 11.8 Å². The molecule has 0 spiro atoms. The van der Waals surface area contributed by atoms with Crippen LogP contribution in [0.3, 0.4) is 0 Å². The molecular formula is C13H17F3O. The molecule has 0 amide bonds. The molecule has 1 nitrogen and oxygen atoms in total. The second-order valence-electron chi connectivity index (χ2n) is 4.59. The summed E-state index contributed by atoms with van der Waals surface area (Å²) >= 11 is 0. The van der Waals surface area contributed by atoms with Crippen LogP contribution in [0.5, 0.6) is 0 Å². The number of aliphatic hydroxyl groups is 1. The first kappa shape index (κ1) is 14.0. The molecule has 1 N–H and O–H groups in total. The minimum atomic E-state index is -4.30. The second-order valence-corrected chi connectivity index (χ2v) is 4.59. The van der Waals surface area contributed by atoms with Crippen molar-refractivity contribution in [2.45, 2.75) is 26.4 Å². The molecule has 0 saturated heterocycles. The monoisotopic (exact) mass is 246 g/mol. The summed E-state index contributed by atoms with van der Waals surface area (Å²) in [5.74, 6) is 0.244. The molecule has 0 fully saturated rings. The van der Waals surface area contributed by atoms with Crippen LogP contribution in [0.2, 0.25) is 0 Å². The molecule has 1 atom stereocenters. The largest absolute Gasteiger partial charge is 0.416 e. The minimum absolute atomic E-state index is 0.00140. The van der Waals surface area contributed by atoms with E-state index < -0.39 is 11.7 Å². The third-order valence-electron chi connectivity index (χ3n) is 2.93. The summed E-state index contributed by atoms with van der Waals surface area (Å²) in [6.45, 7) is 3.90. The zero-order chi connectivity index (χ0) is 13.1. The third kappa shape index (κ3) is 4.04. The normalized spacial score (nSPS) is 14.1. The van der Waals surface area contributed by atoms with Gasteiger partial charge in [-0.05, 0) is 29.9 Å². The topological polar surface area (TPSA) is 20.2 Å². The Morgan fingerprint density at radius 3 is 2.35 bits per heavy atom. The van der Waals surface area contributed by atoms with Crippen molar-refractivity contribution in [1.29, 1.82) is 0 Å². The van der Waals surface area contributed by atoms with Crippen LogP contribution in [-0.4, -0.2) is 11.7 Å². The van der Waals surface area contributed by atoms with E-state index in [1.54, 1.807) is 6.07 Å². The molecule has 1 aromatic rings. The molecular weight excluding hydrogens is 229 g/mol. The fourth-order valence-electron chi connectivity index (χ4n) is 1.69. The fourth-order valence-corrected chi connectivity index (χ4v) is 1.69. The molecule has 0 radical (unpaired) electrons. The Bertz CT molecular complexity index is 358. The van der Waals surface area contributed by atoms with Gasteiger partial charge in [0.25, 0.3) is 0 Å². The van der Waals surface area contributed by atoms with Gasteiger partial charge in [-0.2, -0.15) is 13.2 Å². The van der Waals surface area contributed by atoms with Crippen LogP contribution >= 0.6 is 0 Å². The van der Waals surface area contributed by atoms with E-state index in [1.165, 1.54) is 6.07 Å². The lowest BCUT2D eigenvalue weighted by molar-refractivity contribution is -0.137. The average Bonchev–Trinajstić information content (AvgIpc) is 2.24. The smallest absolute Gasteiger partial charge is 0.396 e. The zero-order valence-corrected chi connectivity index (χ0v) is 9.96. The predicted molar refractivity (Wildman–Crippen MR) is 60.6 cm³/mol. The first-order valence-electron chi connectivity index (χ1n) is 5.61. The maximum absolute atomic E-state index is 12.5. The molecule has 17 heavy (non-hydrogen) atoms. The highest BCUT2D eigenvalue weighted by atomic mass is 19.4. The first-order chi connectivity index (χ1) is 7.84. The van der Waals surface area contributed by atoms with Crippen molar-refractivity contribution in [2.75, 3.05) is 6.61 Å². The Morgan fingerprint density at radius 2 is 1.88 bits per heavy atom. The maximum atomic E-state index is 12.5. The van der Waals surface area contributed by atoms with Crippen LogP contribution < -0.4 is 0 Å². The van der Waals surface area contributed by atoms with Gasteiger partial charge in [-0.1, -0.05) is 32.0 Å². The van der Waals surface area contributed by atoms with Crippen molar-refractivity contribution in [3.05, 3.63) is 35.4 Å². The summed E-state index contributed by atoms with van der Waals surface area (Å²) in [4.78, 5) is 0. The van der Waals surface area contributed by atoms with Crippen molar-refractivity contribution >= 4 is 0 Å². The van der Waals surface area contributed by atoms with Gasteiger partial charge in [0.1, 0.15) is 0 Å². The van der Waals surface area contributed by atoms with Crippen LogP contribution in [0.15, 0.2) is 24.3 Å². The van der Waals surface area contributed by atoms with Gasteiger partial charge in [0.05, 0.1) is 5.56 Å². The van der Waals surface area contributed by atoms with Crippen molar-refractivity contribution in [1.82, 2.24) is 0 Å². The number of halogens is 3. The van der Waals surface area contributed by atoms with Crippen molar-refractivity contribution in [2.24, 2.45) is 11.8 Å². The predicted octanol–water partition coefficient (Wildman–Crippen LogP) is 3.51. The molecule has 0 aliphatic rings. The van der Waals surface area contributed by atoms with E-state index in [1.807, 2.05) is 13.8 Å². The van der Waals surface area contributed by atoms with Crippen LogP contribution in [-0.2, 0) is 12.6 Å². The molecule has 0 saturated carbocycles. The summed E-state index contributed by atoms with van der Waals surface area (Å²) < 4.78 is 37.5. The highest BCUT2D eigenvalue weighted by Gasteiger charge is 2.30. The number of alkyl halides is 3. The van der Waals surface area contributed by atoms with Crippen molar-refractivity contribution < 1.29 is 18.3 Å². The van der Waals surface area contributed by atoms with E-state index in [0.717, 1.165) is 12.1 Å². The third-order valence-corrected chi connectivity index (χ3v) is 2.93. The van der Waals surface area contributed by atoms with E-state index in [2.05, 4.69) is 0 Å². The lowest BCUT2D eigenvalue weighted by Crippen LogP contribution is -2.16.